The van der Waals surface area contributed by atoms with Gasteiger partial charge in [0.1, 0.15) is 19.8 Å². The van der Waals surface area contributed by atoms with Gasteiger partial charge in [-0.05, 0) is 51.4 Å². The lowest BCUT2D eigenvalue weighted by Crippen LogP contribution is -2.37. The molecule has 0 aromatic carbocycles. The highest BCUT2D eigenvalue weighted by atomic mass is 31.2. The lowest BCUT2D eigenvalue weighted by Gasteiger charge is -2.24. The van der Waals surface area contributed by atoms with Crippen molar-refractivity contribution in [3.63, 3.8) is 0 Å². The fourth-order valence-corrected chi connectivity index (χ4v) is 6.04. The summed E-state index contributed by atoms with van der Waals surface area (Å²) in [6.45, 7) is 4.21. The normalized spacial score (nSPS) is 14.3. The van der Waals surface area contributed by atoms with Gasteiger partial charge in [-0.1, -0.05) is 152 Å². The molecule has 0 aliphatic heterocycles. The van der Waals surface area contributed by atoms with Crippen LogP contribution in [-0.4, -0.2) is 74.9 Å². The highest BCUT2D eigenvalue weighted by Gasteiger charge is 2.27. The zero-order chi connectivity index (χ0) is 40.0. The van der Waals surface area contributed by atoms with Crippen molar-refractivity contribution >= 4 is 19.8 Å². The first-order valence-corrected chi connectivity index (χ1v) is 22.6. The van der Waals surface area contributed by atoms with Gasteiger partial charge in [-0.25, -0.2) is 4.57 Å². The fraction of sp³-hybridized carbons (Fsp3) is 0.727. The fourth-order valence-electron chi connectivity index (χ4n) is 5.30. The Labute approximate surface area is 330 Å². The van der Waals surface area contributed by atoms with Crippen molar-refractivity contribution in [3.8, 4) is 0 Å². The van der Waals surface area contributed by atoms with E-state index in [2.05, 4.69) is 44.2 Å². The summed E-state index contributed by atoms with van der Waals surface area (Å²) in [5.74, 6) is -0.833. The predicted octanol–water partition coefficient (Wildman–Crippen LogP) is 11.7. The summed E-state index contributed by atoms with van der Waals surface area (Å²) in [4.78, 5) is 35.3. The SMILES string of the molecule is CC/C=C/C=C/C=C/C=C/CCCCCCCC(=O)OC[C@H](COP(=O)(O)OCC[N+](C)(C)C)OC(=O)CCCCCCCCCCC/C=C/CCCC. The lowest BCUT2D eigenvalue weighted by atomic mass is 10.1. The smallest absolute Gasteiger partial charge is 0.462 e. The first-order valence-electron chi connectivity index (χ1n) is 21.1. The number of allylic oxidation sites excluding steroid dienone is 10. The average Bonchev–Trinajstić information content (AvgIpc) is 3.12. The average molecular weight is 781 g/mol. The molecule has 0 aliphatic carbocycles. The molecule has 9 nitrogen and oxygen atoms in total. The number of phosphoric ester groups is 1. The molecule has 0 saturated carbocycles. The molecular formula is C44H79NO8P+. The van der Waals surface area contributed by atoms with E-state index < -0.39 is 32.5 Å². The Hall–Kier alpha value is -2.29. The number of esters is 2. The number of hydrogen-bond donors (Lipinski definition) is 1. The van der Waals surface area contributed by atoms with E-state index in [-0.39, 0.29) is 26.1 Å². The molecule has 54 heavy (non-hydrogen) atoms. The molecule has 0 aromatic heterocycles. The molecule has 0 aromatic rings. The van der Waals surface area contributed by atoms with Crippen LogP contribution in [-0.2, 0) is 32.7 Å². The summed E-state index contributed by atoms with van der Waals surface area (Å²) in [5, 5.41) is 0. The van der Waals surface area contributed by atoms with Crippen LogP contribution in [0.5, 0.6) is 0 Å². The molecule has 10 heteroatoms. The van der Waals surface area contributed by atoms with Crippen molar-refractivity contribution in [3.05, 3.63) is 60.8 Å². The number of rotatable bonds is 37. The van der Waals surface area contributed by atoms with Crippen LogP contribution in [0, 0.1) is 0 Å². The molecular weight excluding hydrogens is 701 g/mol. The third-order valence-electron chi connectivity index (χ3n) is 8.63. The third-order valence-corrected chi connectivity index (χ3v) is 9.61. The van der Waals surface area contributed by atoms with Crippen LogP contribution < -0.4 is 0 Å². The Morgan fingerprint density at radius 2 is 1.07 bits per heavy atom. The van der Waals surface area contributed by atoms with E-state index in [1.54, 1.807) is 0 Å². The Kier molecular flexibility index (Phi) is 34.8. The maximum absolute atomic E-state index is 12.7. The number of nitrogens with zero attached hydrogens (tertiary/aromatic N) is 1. The number of ether oxygens (including phenoxy) is 2. The van der Waals surface area contributed by atoms with Gasteiger partial charge in [0.15, 0.2) is 6.10 Å². The van der Waals surface area contributed by atoms with Gasteiger partial charge in [-0.15, -0.1) is 0 Å². The summed E-state index contributed by atoms with van der Waals surface area (Å²) >= 11 is 0. The molecule has 1 N–H and O–H groups in total. The largest absolute Gasteiger partial charge is 0.472 e. The van der Waals surface area contributed by atoms with E-state index in [4.69, 9.17) is 18.5 Å². The van der Waals surface area contributed by atoms with Gasteiger partial charge in [0.25, 0.3) is 0 Å². The standard InChI is InChI=1S/C44H78NO8P/c1-6-8-10-12-14-16-18-20-22-24-26-28-30-32-34-36-43(46)50-40-42(41-52-54(48,49)51-39-38-45(3,4)5)53-44(47)37-35-33-31-29-27-25-23-21-19-17-15-13-11-9-7-2/h8,10,12-16,18,20,22,42H,6-7,9,11,17,19,21,23-41H2,1-5H3/p+1/b10-8+,14-12+,15-13+,18-16+,22-20+/t42-/m1/s1. The Morgan fingerprint density at radius 3 is 1.63 bits per heavy atom. The first-order chi connectivity index (χ1) is 26.0. The molecule has 312 valence electrons. The molecule has 0 bridgehead atoms. The maximum Gasteiger partial charge on any atom is 0.472 e. The zero-order valence-electron chi connectivity index (χ0n) is 34.9. The minimum absolute atomic E-state index is 0.0246. The lowest BCUT2D eigenvalue weighted by molar-refractivity contribution is -0.870. The summed E-state index contributed by atoms with van der Waals surface area (Å²) in [6, 6.07) is 0. The first kappa shape index (κ1) is 51.7. The molecule has 0 fully saturated rings. The second-order valence-electron chi connectivity index (χ2n) is 15.1. The van der Waals surface area contributed by atoms with Gasteiger partial charge >= 0.3 is 19.8 Å². The quantitative estimate of drug-likeness (QED) is 0.0166. The van der Waals surface area contributed by atoms with Gasteiger partial charge < -0.3 is 18.9 Å². The van der Waals surface area contributed by atoms with Crippen LogP contribution in [0.25, 0.3) is 0 Å². The number of phosphoric acid groups is 1. The monoisotopic (exact) mass is 781 g/mol. The van der Waals surface area contributed by atoms with Gasteiger partial charge in [-0.3, -0.25) is 18.6 Å². The van der Waals surface area contributed by atoms with Crippen LogP contribution >= 0.6 is 7.82 Å². The highest BCUT2D eigenvalue weighted by Crippen LogP contribution is 2.43. The summed E-state index contributed by atoms with van der Waals surface area (Å²) in [6.07, 6.45) is 42.6. The predicted molar refractivity (Wildman–Crippen MR) is 224 cm³/mol. The summed E-state index contributed by atoms with van der Waals surface area (Å²) in [5.41, 5.74) is 0. The van der Waals surface area contributed by atoms with E-state index in [9.17, 15) is 19.0 Å². The van der Waals surface area contributed by atoms with Crippen molar-refractivity contribution in [2.75, 3.05) is 47.5 Å². The highest BCUT2D eigenvalue weighted by molar-refractivity contribution is 7.47. The van der Waals surface area contributed by atoms with Gasteiger partial charge in [0.05, 0.1) is 27.7 Å². The van der Waals surface area contributed by atoms with Gasteiger partial charge in [-0.2, -0.15) is 0 Å². The topological polar surface area (TPSA) is 108 Å². The van der Waals surface area contributed by atoms with Crippen LogP contribution in [0.1, 0.15) is 155 Å². The van der Waals surface area contributed by atoms with Gasteiger partial charge in [0.2, 0.25) is 0 Å². The number of hydrogen-bond acceptors (Lipinski definition) is 7. The minimum Gasteiger partial charge on any atom is -0.462 e. The Morgan fingerprint density at radius 1 is 0.593 bits per heavy atom. The van der Waals surface area contributed by atoms with E-state index in [1.165, 1.54) is 57.8 Å². The van der Waals surface area contributed by atoms with Crippen molar-refractivity contribution in [1.82, 2.24) is 0 Å². The molecule has 2 atom stereocenters. The number of unbranched alkanes of at least 4 members (excludes halogenated alkanes) is 16. The van der Waals surface area contributed by atoms with Crippen molar-refractivity contribution < 1.29 is 42.1 Å². The maximum atomic E-state index is 12.7. The molecule has 0 saturated heterocycles. The molecule has 0 heterocycles. The van der Waals surface area contributed by atoms with Crippen LogP contribution in [0.3, 0.4) is 0 Å². The zero-order valence-corrected chi connectivity index (χ0v) is 35.8. The molecule has 0 radical (unpaired) electrons. The number of carbonyl (C=O) groups excluding carboxylic acids is 2. The van der Waals surface area contributed by atoms with E-state index >= 15 is 0 Å². The molecule has 0 rings (SSSR count). The number of quaternary nitrogens is 1. The van der Waals surface area contributed by atoms with Crippen molar-refractivity contribution in [2.24, 2.45) is 0 Å². The second-order valence-corrected chi connectivity index (χ2v) is 16.5. The molecule has 0 amide bonds. The van der Waals surface area contributed by atoms with E-state index in [0.29, 0.717) is 23.9 Å². The molecule has 1 unspecified atom stereocenters. The number of likely N-dealkylation sites (N-methyl/N-ethyl adjacent to an activating group) is 1. The van der Waals surface area contributed by atoms with Crippen LogP contribution in [0.15, 0.2) is 60.8 Å². The van der Waals surface area contributed by atoms with E-state index in [1.807, 2.05) is 51.5 Å². The third kappa shape index (κ3) is 39.4. The summed E-state index contributed by atoms with van der Waals surface area (Å²) < 4.78 is 34.2. The Bertz CT molecular complexity index is 1110. The van der Waals surface area contributed by atoms with Gasteiger partial charge in [0, 0.05) is 12.8 Å². The van der Waals surface area contributed by atoms with E-state index in [0.717, 1.165) is 57.8 Å². The summed E-state index contributed by atoms with van der Waals surface area (Å²) in [7, 11) is 1.45. The number of carbonyl (C=O) groups is 2. The molecule has 0 aliphatic rings. The van der Waals surface area contributed by atoms with Crippen LogP contribution in [0.2, 0.25) is 0 Å². The van der Waals surface area contributed by atoms with Crippen molar-refractivity contribution in [2.45, 2.75) is 161 Å². The van der Waals surface area contributed by atoms with Crippen molar-refractivity contribution in [1.29, 1.82) is 0 Å². The minimum atomic E-state index is -4.38. The van der Waals surface area contributed by atoms with Crippen LogP contribution in [0.4, 0.5) is 0 Å². The Balaban J connectivity index is 4.43. The second kappa shape index (κ2) is 36.4. The molecule has 0 spiro atoms.